The lowest BCUT2D eigenvalue weighted by Crippen LogP contribution is -2.16. The van der Waals surface area contributed by atoms with Crippen LogP contribution in [0.2, 0.25) is 0 Å². The van der Waals surface area contributed by atoms with Crippen molar-refractivity contribution in [1.29, 1.82) is 0 Å². The van der Waals surface area contributed by atoms with Gasteiger partial charge < -0.3 is 9.80 Å². The van der Waals surface area contributed by atoms with E-state index in [-0.39, 0.29) is 10.8 Å². The Bertz CT molecular complexity index is 8190. The monoisotopic (exact) mass is 1560 g/mol. The summed E-state index contributed by atoms with van der Waals surface area (Å²) in [7, 11) is 0. The lowest BCUT2D eigenvalue weighted by molar-refractivity contribution is 0.660. The van der Waals surface area contributed by atoms with Gasteiger partial charge in [0, 0.05) is 77.3 Å². The third kappa shape index (κ3) is 11.0. The third-order valence-electron chi connectivity index (χ3n) is 25.8. The van der Waals surface area contributed by atoms with Crippen LogP contribution in [0.4, 0.5) is 34.1 Å². The highest BCUT2D eigenvalue weighted by Crippen LogP contribution is 2.54. The third-order valence-corrected chi connectivity index (χ3v) is 25.8. The molecule has 10 nitrogen and oxygen atoms in total. The van der Waals surface area contributed by atoms with Crippen LogP contribution < -0.4 is 9.80 Å². The Morgan fingerprint density at radius 1 is 0.205 bits per heavy atom. The quantitative estimate of drug-likeness (QED) is 0.128. The average molecular weight is 1560 g/mol. The van der Waals surface area contributed by atoms with E-state index in [1.807, 2.05) is 24.3 Å². The maximum Gasteiger partial charge on any atom is 0.221 e. The smallest absolute Gasteiger partial charge is 0.221 e. The molecule has 23 aromatic rings. The number of benzene rings is 17. The van der Waals surface area contributed by atoms with Gasteiger partial charge in [-0.3, -0.25) is 17.9 Å². The van der Waals surface area contributed by atoms with Gasteiger partial charge in [-0.25, -0.2) is 19.9 Å². The predicted octanol–water partition coefficient (Wildman–Crippen LogP) is 28.8. The molecule has 0 spiro atoms. The van der Waals surface area contributed by atoms with Gasteiger partial charge in [0.05, 0.1) is 55.2 Å². The second-order valence-electron chi connectivity index (χ2n) is 33.4. The lowest BCUT2D eigenvalue weighted by Gasteiger charge is -2.28. The molecule has 0 atom stereocenters. The normalized spacial score (nSPS) is 13.0. The van der Waals surface area contributed by atoms with Gasteiger partial charge >= 0.3 is 0 Å². The predicted molar refractivity (Wildman–Crippen MR) is 505 cm³/mol. The van der Waals surface area contributed by atoms with Gasteiger partial charge in [-0.1, -0.05) is 270 Å². The zero-order valence-corrected chi connectivity index (χ0v) is 67.6. The minimum Gasteiger partial charge on any atom is -0.310 e. The molecule has 0 N–H and O–H groups in total. The zero-order chi connectivity index (χ0) is 81.1. The summed E-state index contributed by atoms with van der Waals surface area (Å²) in [6, 6.07) is 144. The number of para-hydroxylation sites is 9. The van der Waals surface area contributed by atoms with Crippen molar-refractivity contribution in [1.82, 2.24) is 37.9 Å². The molecule has 17 aromatic carbocycles. The van der Waals surface area contributed by atoms with E-state index < -0.39 is 0 Å². The van der Waals surface area contributed by atoms with Crippen molar-refractivity contribution in [2.45, 2.75) is 38.5 Å². The van der Waals surface area contributed by atoms with Crippen LogP contribution in [-0.2, 0) is 10.8 Å². The van der Waals surface area contributed by atoms with Crippen LogP contribution >= 0.6 is 0 Å². The molecule has 2 aliphatic carbocycles. The van der Waals surface area contributed by atoms with Crippen molar-refractivity contribution in [3.63, 3.8) is 0 Å². The van der Waals surface area contributed by atoms with Gasteiger partial charge in [-0.05, 0) is 236 Å². The summed E-state index contributed by atoms with van der Waals surface area (Å²) >= 11 is 0. The van der Waals surface area contributed by atoms with Crippen molar-refractivity contribution in [2.24, 2.45) is 0 Å². The molecule has 0 saturated heterocycles. The van der Waals surface area contributed by atoms with Gasteiger partial charge in [-0.2, -0.15) is 0 Å². The average Bonchev–Trinajstić information content (AvgIpc) is 1.59. The maximum atomic E-state index is 5.36. The Labute approximate surface area is 704 Å². The van der Waals surface area contributed by atoms with Gasteiger partial charge in [0.25, 0.3) is 0 Å². The largest absolute Gasteiger partial charge is 0.310 e. The first-order valence-electron chi connectivity index (χ1n) is 41.9. The Kier molecular flexibility index (Phi) is 15.8. The highest BCUT2D eigenvalue weighted by molar-refractivity contribution is 6.13. The molecule has 10 heteroatoms. The van der Waals surface area contributed by atoms with Crippen molar-refractivity contribution < 1.29 is 0 Å². The first-order valence-corrected chi connectivity index (χ1v) is 41.9. The number of hydrogen-bond acceptors (Lipinski definition) is 6. The van der Waals surface area contributed by atoms with Crippen molar-refractivity contribution in [3.8, 4) is 67.5 Å². The van der Waals surface area contributed by atoms with Gasteiger partial charge in [0.2, 0.25) is 11.9 Å². The Morgan fingerprint density at radius 3 is 0.943 bits per heavy atom. The van der Waals surface area contributed by atoms with Crippen molar-refractivity contribution in [2.75, 3.05) is 9.80 Å². The van der Waals surface area contributed by atoms with Crippen LogP contribution in [0.5, 0.6) is 0 Å². The molecule has 576 valence electrons. The molecule has 0 saturated carbocycles. The van der Waals surface area contributed by atoms with Crippen LogP contribution in [0, 0.1) is 0 Å². The Hall–Kier alpha value is -15.8. The fourth-order valence-electron chi connectivity index (χ4n) is 19.9. The summed E-state index contributed by atoms with van der Waals surface area (Å²) in [4.78, 5) is 25.7. The maximum absolute atomic E-state index is 5.36. The van der Waals surface area contributed by atoms with Crippen LogP contribution in [0.3, 0.4) is 0 Å². The van der Waals surface area contributed by atoms with E-state index in [4.69, 9.17) is 19.9 Å². The van der Waals surface area contributed by atoms with E-state index in [2.05, 4.69) is 432 Å². The number of rotatable bonds is 11. The second kappa shape index (κ2) is 27.4. The summed E-state index contributed by atoms with van der Waals surface area (Å²) < 4.78 is 9.05. The highest BCUT2D eigenvalue weighted by Gasteiger charge is 2.38. The van der Waals surface area contributed by atoms with Crippen LogP contribution in [0.25, 0.3) is 166 Å². The second-order valence-corrected chi connectivity index (χ2v) is 33.4. The minimum atomic E-state index is -0.112. The Balaban J connectivity index is 0.000000139. The highest BCUT2D eigenvalue weighted by atomic mass is 15.2. The Morgan fingerprint density at radius 2 is 0.508 bits per heavy atom. The summed E-state index contributed by atoms with van der Waals surface area (Å²) in [5, 5.41) is 6.77. The molecule has 0 unspecified atom stereocenters. The molecule has 0 radical (unpaired) electrons. The van der Waals surface area contributed by atoms with Crippen LogP contribution in [0.15, 0.2) is 400 Å². The van der Waals surface area contributed by atoms with Crippen molar-refractivity contribution >= 4 is 133 Å². The molecule has 122 heavy (non-hydrogen) atoms. The topological polar surface area (TPSA) is 76.7 Å². The van der Waals surface area contributed by atoms with E-state index in [0.717, 1.165) is 146 Å². The molecule has 2 aliphatic rings. The minimum absolute atomic E-state index is 0.0845. The van der Waals surface area contributed by atoms with E-state index in [9.17, 15) is 0 Å². The summed E-state index contributed by atoms with van der Waals surface area (Å²) in [5.74, 6) is 1.65. The number of hydrogen-bond donors (Lipinski definition) is 0. The number of fused-ring (bicyclic) bond motifs is 22. The number of anilines is 6. The molecule has 0 aliphatic heterocycles. The molecule has 0 fully saturated rings. The standard InChI is InChI=1S/C59H41N5.C53H37N5/c1-59(2)50-19-9-6-16-45(50)46-34-33-44(37-51(46)59)62(42-29-24-39(25-30-42)38-14-4-3-5-15-38)43-31-26-40(27-32-43)41-28-35-55-49(36-41)47-17-8-12-22-54(47)63(55)58-61-52-20-10-7-18-48(52)57-60-53-21-11-13-23-56(53)64(57)58;1-53(2)44-19-9-6-16-39(44)40-30-29-38(33-45(40)53)56(36-14-4-3-5-15-36)37-27-24-34(25-28-37)35-26-31-49-43(32-35)41-17-8-12-22-48(41)57(49)52-55-46-20-10-7-18-42(46)51-54-47-21-11-13-23-50(47)58(51)52/h3-37H,1-2H3;3-33H,1-2H3. The van der Waals surface area contributed by atoms with E-state index in [0.29, 0.717) is 0 Å². The van der Waals surface area contributed by atoms with E-state index in [1.165, 1.54) is 77.2 Å². The molecular formula is C112H78N10. The van der Waals surface area contributed by atoms with E-state index >= 15 is 0 Å². The van der Waals surface area contributed by atoms with E-state index in [1.54, 1.807) is 0 Å². The molecule has 0 amide bonds. The number of nitrogens with zero attached hydrogens (tertiary/aromatic N) is 10. The van der Waals surface area contributed by atoms with Gasteiger partial charge in [0.15, 0.2) is 0 Å². The summed E-state index contributed by atoms with van der Waals surface area (Å²) in [6.07, 6.45) is 0. The number of aromatic nitrogens is 8. The van der Waals surface area contributed by atoms with Gasteiger partial charge in [0.1, 0.15) is 11.3 Å². The first-order chi connectivity index (χ1) is 60.0. The van der Waals surface area contributed by atoms with Crippen molar-refractivity contribution in [3.05, 3.63) is 423 Å². The first kappa shape index (κ1) is 70.4. The molecule has 6 heterocycles. The molecule has 6 aromatic heterocycles. The molecular weight excluding hydrogens is 1490 g/mol. The molecule has 0 bridgehead atoms. The summed E-state index contributed by atoms with van der Waals surface area (Å²) in [5.41, 5.74) is 36.3. The SMILES string of the molecule is CC1(C)c2ccccc2-c2ccc(N(c3ccc(-c4ccccc4)cc3)c3ccc(-c4ccc5c(c4)c4ccccc4n5-c4nc5ccccc5c5nc6ccccc6n45)cc3)cc21.CC1(C)c2ccccc2-c2ccc(N(c3ccccc3)c3ccc(-c4ccc5c(c4)c4ccccc4n5-c4nc5ccccc5c5nc6ccccc6n45)cc3)cc21. The molecule has 25 rings (SSSR count). The number of imidazole rings is 2. The van der Waals surface area contributed by atoms with Crippen LogP contribution in [0.1, 0.15) is 49.9 Å². The summed E-state index contributed by atoms with van der Waals surface area (Å²) in [6.45, 7) is 9.38. The fourth-order valence-corrected chi connectivity index (χ4v) is 19.9. The van der Waals surface area contributed by atoms with Gasteiger partial charge in [-0.15, -0.1) is 0 Å². The zero-order valence-electron chi connectivity index (χ0n) is 67.6. The fraction of sp³-hybridized carbons (Fsp3) is 0.0536. The lowest BCUT2D eigenvalue weighted by atomic mass is 9.82. The van der Waals surface area contributed by atoms with Crippen LogP contribution in [-0.4, -0.2) is 37.9 Å².